The van der Waals surface area contributed by atoms with Crippen LogP contribution in [0.15, 0.2) is 28.7 Å². The van der Waals surface area contributed by atoms with E-state index in [4.69, 9.17) is 0 Å². The van der Waals surface area contributed by atoms with Gasteiger partial charge in [0.15, 0.2) is 0 Å². The number of halogens is 1. The number of rotatable bonds is 3. The quantitative estimate of drug-likeness (QED) is 0.883. The summed E-state index contributed by atoms with van der Waals surface area (Å²) in [5.41, 5.74) is 3.06. The zero-order valence-corrected chi connectivity index (χ0v) is 12.1. The number of carbonyl (C=O) groups excluding carboxylic acids is 1. The number of nitrogens with one attached hydrogen (secondary N) is 1. The maximum atomic E-state index is 11.1. The fourth-order valence-corrected chi connectivity index (χ4v) is 3.37. The topological polar surface area (TPSA) is 32.3 Å². The summed E-state index contributed by atoms with van der Waals surface area (Å²) in [5, 5.41) is 2.72. The van der Waals surface area contributed by atoms with E-state index in [1.807, 2.05) is 12.1 Å². The van der Waals surface area contributed by atoms with Gasteiger partial charge in [-0.1, -0.05) is 18.2 Å². The van der Waals surface area contributed by atoms with E-state index in [0.717, 1.165) is 4.47 Å². The highest BCUT2D eigenvalue weighted by atomic mass is 79.9. The van der Waals surface area contributed by atoms with Crippen LogP contribution in [0.1, 0.15) is 11.8 Å². The molecule has 1 heterocycles. The van der Waals surface area contributed by atoms with E-state index in [-0.39, 0.29) is 5.91 Å². The molecule has 2 aromatic rings. The van der Waals surface area contributed by atoms with Gasteiger partial charge in [0.05, 0.1) is 6.54 Å². The second-order valence-electron chi connectivity index (χ2n) is 3.75. The predicted molar refractivity (Wildman–Crippen MR) is 74.8 cm³/mol. The highest BCUT2D eigenvalue weighted by Gasteiger charge is 2.10. The lowest BCUT2D eigenvalue weighted by Crippen LogP contribution is -2.37. The van der Waals surface area contributed by atoms with Gasteiger partial charge in [0.2, 0.25) is 5.91 Å². The summed E-state index contributed by atoms with van der Waals surface area (Å²) in [6.07, 6.45) is 0. The Morgan fingerprint density at radius 3 is 2.82 bits per heavy atom. The Hall–Kier alpha value is -0.910. The van der Waals surface area contributed by atoms with Crippen molar-refractivity contribution in [3.05, 3.63) is 33.6 Å². The second kappa shape index (κ2) is 5.16. The lowest BCUT2D eigenvalue weighted by atomic mass is 10.2. The molecule has 0 fully saturated rings. The normalized spacial score (nSPS) is 10.8. The maximum absolute atomic E-state index is 11.1. The Bertz CT molecular complexity index is 552. The van der Waals surface area contributed by atoms with Crippen LogP contribution < -0.4 is 5.43 Å². The predicted octanol–water partition coefficient (Wildman–Crippen LogP) is 3.15. The van der Waals surface area contributed by atoms with Crippen molar-refractivity contribution in [2.24, 2.45) is 0 Å². The number of thiophene rings is 1. The summed E-state index contributed by atoms with van der Waals surface area (Å²) in [7, 11) is 1.73. The van der Waals surface area contributed by atoms with Crippen LogP contribution in [0.5, 0.6) is 0 Å². The van der Waals surface area contributed by atoms with Crippen LogP contribution in [-0.4, -0.2) is 18.0 Å². The van der Waals surface area contributed by atoms with Crippen molar-refractivity contribution in [1.82, 2.24) is 10.4 Å². The van der Waals surface area contributed by atoms with Crippen LogP contribution in [0.4, 0.5) is 0 Å². The molecule has 90 valence electrons. The molecule has 0 atom stereocenters. The molecule has 5 heteroatoms. The van der Waals surface area contributed by atoms with Crippen LogP contribution >= 0.6 is 27.3 Å². The van der Waals surface area contributed by atoms with Crippen molar-refractivity contribution in [1.29, 1.82) is 0 Å². The Morgan fingerprint density at radius 2 is 2.18 bits per heavy atom. The first kappa shape index (κ1) is 12.5. The molecule has 0 saturated heterocycles. The summed E-state index contributed by atoms with van der Waals surface area (Å²) in [4.78, 5) is 12.3. The molecule has 0 saturated carbocycles. The minimum Gasteiger partial charge on any atom is -0.281 e. The summed E-state index contributed by atoms with van der Waals surface area (Å²) >= 11 is 5.34. The highest BCUT2D eigenvalue weighted by Crippen LogP contribution is 2.35. The Labute approximate surface area is 113 Å². The monoisotopic (exact) mass is 312 g/mol. The van der Waals surface area contributed by atoms with E-state index >= 15 is 0 Å². The van der Waals surface area contributed by atoms with Gasteiger partial charge < -0.3 is 0 Å². The summed E-state index contributed by atoms with van der Waals surface area (Å²) in [5.74, 6) is 0.00207. The molecule has 1 aromatic carbocycles. The van der Waals surface area contributed by atoms with Gasteiger partial charge in [0, 0.05) is 33.4 Å². The number of fused-ring (bicyclic) bond motifs is 1. The van der Waals surface area contributed by atoms with Crippen LogP contribution in [0.3, 0.4) is 0 Å². The van der Waals surface area contributed by atoms with E-state index in [0.29, 0.717) is 6.54 Å². The first-order chi connectivity index (χ1) is 8.09. The van der Waals surface area contributed by atoms with Gasteiger partial charge in [-0.2, -0.15) is 0 Å². The number of carbonyl (C=O) groups is 1. The molecule has 1 amide bonds. The molecule has 3 nitrogen and oxygen atoms in total. The van der Waals surface area contributed by atoms with Crippen molar-refractivity contribution in [3.8, 4) is 0 Å². The maximum Gasteiger partial charge on any atom is 0.233 e. The van der Waals surface area contributed by atoms with Crippen LogP contribution in [0.2, 0.25) is 0 Å². The first-order valence-corrected chi connectivity index (χ1v) is 6.84. The van der Waals surface area contributed by atoms with E-state index < -0.39 is 0 Å². The minimum absolute atomic E-state index is 0.00207. The SMILES string of the molecule is CC(=O)N(C)NCc1sc2ccccc2c1Br. The molecule has 0 aliphatic heterocycles. The Morgan fingerprint density at radius 1 is 1.47 bits per heavy atom. The van der Waals surface area contributed by atoms with Gasteiger partial charge >= 0.3 is 0 Å². The second-order valence-corrected chi connectivity index (χ2v) is 5.68. The van der Waals surface area contributed by atoms with E-state index in [2.05, 4.69) is 33.5 Å². The summed E-state index contributed by atoms with van der Waals surface area (Å²) < 4.78 is 2.37. The third-order valence-electron chi connectivity index (χ3n) is 2.55. The lowest BCUT2D eigenvalue weighted by Gasteiger charge is -2.15. The van der Waals surface area contributed by atoms with Crippen LogP contribution in [0.25, 0.3) is 10.1 Å². The Kier molecular flexibility index (Phi) is 3.81. The third kappa shape index (κ3) is 2.68. The van der Waals surface area contributed by atoms with Gasteiger partial charge in [-0.25, -0.2) is 5.43 Å². The van der Waals surface area contributed by atoms with Gasteiger partial charge in [-0.3, -0.25) is 9.80 Å². The molecule has 0 spiro atoms. The average molecular weight is 313 g/mol. The molecule has 1 N–H and O–H groups in total. The number of hydrogen-bond donors (Lipinski definition) is 1. The molecule has 0 unspecified atom stereocenters. The zero-order valence-electron chi connectivity index (χ0n) is 9.66. The zero-order chi connectivity index (χ0) is 12.4. The van der Waals surface area contributed by atoms with Crippen molar-refractivity contribution < 1.29 is 4.79 Å². The van der Waals surface area contributed by atoms with Crippen molar-refractivity contribution in [2.75, 3.05) is 7.05 Å². The molecule has 2 rings (SSSR count). The summed E-state index contributed by atoms with van der Waals surface area (Å²) in [6.45, 7) is 2.18. The molecule has 0 radical (unpaired) electrons. The van der Waals surface area contributed by atoms with E-state index in [1.54, 1.807) is 18.4 Å². The van der Waals surface area contributed by atoms with E-state index in [9.17, 15) is 4.79 Å². The lowest BCUT2D eigenvalue weighted by molar-refractivity contribution is -0.130. The summed E-state index contributed by atoms with van der Waals surface area (Å²) in [6, 6.07) is 8.25. The largest absolute Gasteiger partial charge is 0.281 e. The molecular formula is C12H13BrN2OS. The van der Waals surface area contributed by atoms with Crippen LogP contribution in [0, 0.1) is 0 Å². The van der Waals surface area contributed by atoms with E-state index in [1.165, 1.54) is 26.9 Å². The van der Waals surface area contributed by atoms with Crippen molar-refractivity contribution >= 4 is 43.3 Å². The number of benzene rings is 1. The number of hydrazine groups is 1. The van der Waals surface area contributed by atoms with Crippen LogP contribution in [-0.2, 0) is 11.3 Å². The first-order valence-electron chi connectivity index (χ1n) is 5.23. The molecule has 0 aliphatic rings. The fourth-order valence-electron chi connectivity index (χ4n) is 1.48. The van der Waals surface area contributed by atoms with Gasteiger partial charge in [-0.15, -0.1) is 11.3 Å². The number of amides is 1. The highest BCUT2D eigenvalue weighted by molar-refractivity contribution is 9.10. The smallest absolute Gasteiger partial charge is 0.233 e. The molecule has 0 aliphatic carbocycles. The molecular weight excluding hydrogens is 300 g/mol. The minimum atomic E-state index is 0.00207. The standard InChI is InChI=1S/C12H13BrN2OS/c1-8(16)15(2)14-7-11-12(13)9-5-3-4-6-10(9)17-11/h3-6,14H,7H2,1-2H3. The average Bonchev–Trinajstić information content (AvgIpc) is 2.64. The van der Waals surface area contributed by atoms with Gasteiger partial charge in [0.1, 0.15) is 0 Å². The molecule has 17 heavy (non-hydrogen) atoms. The Balaban J connectivity index is 2.19. The molecule has 1 aromatic heterocycles. The fraction of sp³-hybridized carbons (Fsp3) is 0.250. The van der Waals surface area contributed by atoms with Crippen molar-refractivity contribution in [2.45, 2.75) is 13.5 Å². The third-order valence-corrected chi connectivity index (χ3v) is 4.89. The molecule has 0 bridgehead atoms. The van der Waals surface area contributed by atoms with Gasteiger partial charge in [0.25, 0.3) is 0 Å². The number of hydrogen-bond acceptors (Lipinski definition) is 3. The number of nitrogens with zero attached hydrogens (tertiary/aromatic N) is 1. The van der Waals surface area contributed by atoms with Gasteiger partial charge in [-0.05, 0) is 22.0 Å². The van der Waals surface area contributed by atoms with Crippen molar-refractivity contribution in [3.63, 3.8) is 0 Å².